The van der Waals surface area contributed by atoms with Gasteiger partial charge < -0.3 is 10.6 Å². The molecule has 2 aliphatic rings. The van der Waals surface area contributed by atoms with Crippen LogP contribution < -0.4 is 10.6 Å². The first kappa shape index (κ1) is 20.8. The molecule has 1 saturated carbocycles. The van der Waals surface area contributed by atoms with E-state index in [4.69, 9.17) is 0 Å². The van der Waals surface area contributed by atoms with Crippen LogP contribution in [0.15, 0.2) is 28.7 Å². The quantitative estimate of drug-likeness (QED) is 0.686. The number of imide groups is 1. The summed E-state index contributed by atoms with van der Waals surface area (Å²) in [6.45, 7) is 7.96. The number of rotatable bonds is 4. The average Bonchev–Trinajstić information content (AvgIpc) is 2.76. The number of nitrogens with one attached hydrogen (secondary N) is 2. The fourth-order valence-electron chi connectivity index (χ4n) is 4.98. The topological polar surface area (TPSA) is 78.5 Å². The largest absolute Gasteiger partial charge is 0.348 e. The lowest BCUT2D eigenvalue weighted by Gasteiger charge is -2.43. The van der Waals surface area contributed by atoms with Crippen molar-refractivity contribution in [2.24, 2.45) is 11.3 Å². The van der Waals surface area contributed by atoms with Crippen LogP contribution in [-0.4, -0.2) is 34.8 Å². The van der Waals surface area contributed by atoms with Crippen LogP contribution >= 0.6 is 15.9 Å². The molecule has 4 amide bonds. The molecule has 1 aliphatic heterocycles. The van der Waals surface area contributed by atoms with Crippen LogP contribution in [0.5, 0.6) is 0 Å². The Bertz CT molecular complexity index is 810. The summed E-state index contributed by atoms with van der Waals surface area (Å²) in [5, 5.41) is 5.78. The van der Waals surface area contributed by atoms with Gasteiger partial charge in [-0.2, -0.15) is 0 Å². The van der Waals surface area contributed by atoms with Crippen LogP contribution in [-0.2, 0) is 9.59 Å². The van der Waals surface area contributed by atoms with Crippen molar-refractivity contribution in [1.29, 1.82) is 0 Å². The standard InChI is InChI=1S/C21H28BrN3O3/c1-13-9-20(3,4)12-21(10-13)18(27)25(19(28)24-21)11-17(26)23-14(2)15-7-5-6-8-16(15)22/h5-8,13-14H,9-12H2,1-4H3,(H,23,26)(H,24,28). The molecule has 2 N–H and O–H groups in total. The van der Waals surface area contributed by atoms with Crippen molar-refractivity contribution in [2.75, 3.05) is 6.54 Å². The zero-order chi connectivity index (χ0) is 20.7. The fourth-order valence-corrected chi connectivity index (χ4v) is 5.61. The Balaban J connectivity index is 1.69. The molecule has 1 aromatic rings. The predicted molar refractivity (Wildman–Crippen MR) is 110 cm³/mol. The maximum absolute atomic E-state index is 13.1. The number of benzene rings is 1. The maximum Gasteiger partial charge on any atom is 0.325 e. The first-order valence-corrected chi connectivity index (χ1v) is 10.5. The normalized spacial score (nSPS) is 27.6. The van der Waals surface area contributed by atoms with Crippen molar-refractivity contribution in [3.8, 4) is 0 Å². The first-order chi connectivity index (χ1) is 13.0. The summed E-state index contributed by atoms with van der Waals surface area (Å²) in [6.07, 6.45) is 2.23. The van der Waals surface area contributed by atoms with E-state index in [1.54, 1.807) is 0 Å². The van der Waals surface area contributed by atoms with Crippen molar-refractivity contribution < 1.29 is 14.4 Å². The third-order valence-corrected chi connectivity index (χ3v) is 6.40. The summed E-state index contributed by atoms with van der Waals surface area (Å²) < 4.78 is 0.898. The Labute approximate surface area is 174 Å². The second kappa shape index (κ2) is 7.50. The Morgan fingerprint density at radius 2 is 2.00 bits per heavy atom. The van der Waals surface area contributed by atoms with E-state index in [1.807, 2.05) is 31.2 Å². The Morgan fingerprint density at radius 3 is 2.64 bits per heavy atom. The third-order valence-electron chi connectivity index (χ3n) is 5.68. The number of halogens is 1. The molecule has 1 aromatic carbocycles. The maximum atomic E-state index is 13.1. The summed E-state index contributed by atoms with van der Waals surface area (Å²) in [6, 6.07) is 6.91. The van der Waals surface area contributed by atoms with E-state index in [-0.39, 0.29) is 29.8 Å². The zero-order valence-corrected chi connectivity index (χ0v) is 18.4. The van der Waals surface area contributed by atoms with E-state index in [1.165, 1.54) is 0 Å². The molecular formula is C21H28BrN3O3. The van der Waals surface area contributed by atoms with Crippen LogP contribution in [0.25, 0.3) is 0 Å². The molecule has 1 spiro atoms. The van der Waals surface area contributed by atoms with E-state index in [2.05, 4.69) is 47.3 Å². The van der Waals surface area contributed by atoms with Gasteiger partial charge in [-0.3, -0.25) is 14.5 Å². The minimum atomic E-state index is -0.882. The van der Waals surface area contributed by atoms with Gasteiger partial charge in [0.2, 0.25) is 5.91 Å². The van der Waals surface area contributed by atoms with Crippen LogP contribution in [0.2, 0.25) is 0 Å². The molecule has 1 saturated heterocycles. The van der Waals surface area contributed by atoms with Gasteiger partial charge in [-0.15, -0.1) is 0 Å². The second-order valence-corrected chi connectivity index (χ2v) is 9.92. The zero-order valence-electron chi connectivity index (χ0n) is 16.8. The highest BCUT2D eigenvalue weighted by molar-refractivity contribution is 9.10. The number of hydrogen-bond donors (Lipinski definition) is 2. The number of amides is 4. The molecule has 3 rings (SSSR count). The number of carbonyl (C=O) groups is 3. The summed E-state index contributed by atoms with van der Waals surface area (Å²) in [7, 11) is 0. The monoisotopic (exact) mass is 449 g/mol. The number of urea groups is 1. The Hall–Kier alpha value is -1.89. The summed E-state index contributed by atoms with van der Waals surface area (Å²) in [5.74, 6) is -0.301. The molecule has 2 fully saturated rings. The molecule has 0 bridgehead atoms. The van der Waals surface area contributed by atoms with Crippen molar-refractivity contribution in [2.45, 2.75) is 58.5 Å². The molecule has 0 aromatic heterocycles. The lowest BCUT2D eigenvalue weighted by atomic mass is 9.64. The van der Waals surface area contributed by atoms with Crippen LogP contribution in [0.1, 0.15) is 58.6 Å². The van der Waals surface area contributed by atoms with E-state index in [0.29, 0.717) is 18.8 Å². The summed E-state index contributed by atoms with van der Waals surface area (Å²) in [5.41, 5.74) is 0.0203. The molecule has 152 valence electrons. The molecule has 28 heavy (non-hydrogen) atoms. The number of carbonyl (C=O) groups excluding carboxylic acids is 3. The molecule has 7 heteroatoms. The lowest BCUT2D eigenvalue weighted by molar-refractivity contribution is -0.137. The molecule has 3 atom stereocenters. The molecular weight excluding hydrogens is 422 g/mol. The molecule has 1 heterocycles. The van der Waals surface area contributed by atoms with Gasteiger partial charge in [-0.05, 0) is 49.1 Å². The average molecular weight is 450 g/mol. The van der Waals surface area contributed by atoms with Gasteiger partial charge >= 0.3 is 6.03 Å². The minimum absolute atomic E-state index is 0.0347. The Morgan fingerprint density at radius 1 is 1.32 bits per heavy atom. The van der Waals surface area contributed by atoms with Crippen LogP contribution in [0.3, 0.4) is 0 Å². The molecule has 3 unspecified atom stereocenters. The number of nitrogens with zero attached hydrogens (tertiary/aromatic N) is 1. The predicted octanol–water partition coefficient (Wildman–Crippen LogP) is 3.76. The lowest BCUT2D eigenvalue weighted by Crippen LogP contribution is -2.54. The fraction of sp³-hybridized carbons (Fsp3) is 0.571. The van der Waals surface area contributed by atoms with Crippen molar-refractivity contribution >= 4 is 33.8 Å². The summed E-state index contributed by atoms with van der Waals surface area (Å²) >= 11 is 3.48. The summed E-state index contributed by atoms with van der Waals surface area (Å²) in [4.78, 5) is 39.3. The smallest absolute Gasteiger partial charge is 0.325 e. The minimum Gasteiger partial charge on any atom is -0.348 e. The van der Waals surface area contributed by atoms with Gasteiger partial charge in [0.1, 0.15) is 12.1 Å². The van der Waals surface area contributed by atoms with Crippen molar-refractivity contribution in [3.63, 3.8) is 0 Å². The van der Waals surface area contributed by atoms with E-state index >= 15 is 0 Å². The molecule has 0 radical (unpaired) electrons. The highest BCUT2D eigenvalue weighted by Crippen LogP contribution is 2.46. The van der Waals surface area contributed by atoms with Gasteiger partial charge in [0, 0.05) is 4.47 Å². The SMILES string of the molecule is CC1CC(C)(C)CC2(C1)NC(=O)N(CC(=O)NC(C)c1ccccc1Br)C2=O. The van der Waals surface area contributed by atoms with E-state index in [0.717, 1.165) is 21.4 Å². The molecule has 6 nitrogen and oxygen atoms in total. The van der Waals surface area contributed by atoms with Gasteiger partial charge in [-0.25, -0.2) is 4.79 Å². The third kappa shape index (κ3) is 4.09. The van der Waals surface area contributed by atoms with Gasteiger partial charge in [0.15, 0.2) is 0 Å². The van der Waals surface area contributed by atoms with Gasteiger partial charge in [0.25, 0.3) is 5.91 Å². The Kier molecular flexibility index (Phi) is 5.58. The molecule has 1 aliphatic carbocycles. The van der Waals surface area contributed by atoms with Crippen molar-refractivity contribution in [3.05, 3.63) is 34.3 Å². The van der Waals surface area contributed by atoms with E-state index in [9.17, 15) is 14.4 Å². The van der Waals surface area contributed by atoms with Crippen LogP contribution in [0.4, 0.5) is 4.79 Å². The van der Waals surface area contributed by atoms with Crippen molar-refractivity contribution in [1.82, 2.24) is 15.5 Å². The van der Waals surface area contributed by atoms with Crippen LogP contribution in [0, 0.1) is 11.3 Å². The van der Waals surface area contributed by atoms with Gasteiger partial charge in [0.05, 0.1) is 6.04 Å². The highest BCUT2D eigenvalue weighted by atomic mass is 79.9. The number of hydrogen-bond acceptors (Lipinski definition) is 3. The highest BCUT2D eigenvalue weighted by Gasteiger charge is 2.56. The van der Waals surface area contributed by atoms with E-state index < -0.39 is 11.6 Å². The second-order valence-electron chi connectivity index (χ2n) is 9.07. The van der Waals surface area contributed by atoms with Gasteiger partial charge in [-0.1, -0.05) is 54.9 Å². The first-order valence-electron chi connectivity index (χ1n) is 9.71.